The summed E-state index contributed by atoms with van der Waals surface area (Å²) in [6, 6.07) is 10.5. The Morgan fingerprint density at radius 3 is 2.59 bits per heavy atom. The molecule has 0 spiro atoms. The van der Waals surface area contributed by atoms with Crippen LogP contribution >= 0.6 is 11.6 Å². The van der Waals surface area contributed by atoms with Crippen LogP contribution in [0, 0.1) is 0 Å². The summed E-state index contributed by atoms with van der Waals surface area (Å²) in [6.45, 7) is 0.881. The molecule has 2 N–H and O–H groups in total. The van der Waals surface area contributed by atoms with Crippen LogP contribution in [-0.4, -0.2) is 31.9 Å². The molecule has 0 aromatic heterocycles. The zero-order chi connectivity index (χ0) is 15.7. The monoisotopic (exact) mass is 338 g/mol. The van der Waals surface area contributed by atoms with Crippen molar-refractivity contribution in [1.29, 1.82) is 0 Å². The molecule has 1 aliphatic heterocycles. The third-order valence-corrected chi connectivity index (χ3v) is 6.60. The molecule has 0 amide bonds. The van der Waals surface area contributed by atoms with Crippen LogP contribution in [0.2, 0.25) is 5.02 Å². The Kier molecular flexibility index (Phi) is 4.41. The van der Waals surface area contributed by atoms with Crippen LogP contribution in [0.1, 0.15) is 19.3 Å². The molecule has 1 atom stereocenters. The minimum atomic E-state index is -3.57. The predicted molar refractivity (Wildman–Crippen MR) is 89.5 cm³/mol. The maximum atomic E-state index is 13.1. The first kappa shape index (κ1) is 15.7. The zero-order valence-electron chi connectivity index (χ0n) is 12.2. The number of rotatable bonds is 3. The molecule has 0 radical (unpaired) electrons. The third-order valence-electron chi connectivity index (χ3n) is 4.26. The fourth-order valence-electron chi connectivity index (χ4n) is 3.11. The van der Waals surface area contributed by atoms with Crippen LogP contribution in [0.4, 0.5) is 0 Å². The second-order valence-corrected chi connectivity index (χ2v) is 7.86. The summed E-state index contributed by atoms with van der Waals surface area (Å²) in [6.07, 6.45) is 2.72. The van der Waals surface area contributed by atoms with Crippen molar-refractivity contribution in [3.8, 4) is 0 Å². The second-order valence-electron chi connectivity index (χ2n) is 5.59. The summed E-state index contributed by atoms with van der Waals surface area (Å²) in [4.78, 5) is 0.313. The van der Waals surface area contributed by atoms with Gasteiger partial charge in [0.25, 0.3) is 0 Å². The standard InChI is InChI=1S/C16H19ClN2O2S/c17-15-8-9-16(14-7-2-1-6-13(14)15)22(20,21)19-10-4-3-5-12(19)11-18/h1-2,6-9,12H,3-5,10-11,18H2. The highest BCUT2D eigenvalue weighted by Crippen LogP contribution is 2.33. The van der Waals surface area contributed by atoms with Gasteiger partial charge in [-0.1, -0.05) is 42.3 Å². The van der Waals surface area contributed by atoms with Crippen LogP contribution in [0.3, 0.4) is 0 Å². The van der Waals surface area contributed by atoms with E-state index in [1.54, 1.807) is 22.5 Å². The summed E-state index contributed by atoms with van der Waals surface area (Å²) in [5, 5.41) is 1.98. The second kappa shape index (κ2) is 6.16. The lowest BCUT2D eigenvalue weighted by atomic mass is 10.1. The number of nitrogens with two attached hydrogens (primary N) is 1. The minimum Gasteiger partial charge on any atom is -0.329 e. The van der Waals surface area contributed by atoms with Crippen molar-refractivity contribution in [2.45, 2.75) is 30.2 Å². The van der Waals surface area contributed by atoms with Gasteiger partial charge in [0.05, 0.1) is 4.90 Å². The summed E-state index contributed by atoms with van der Waals surface area (Å²) in [5.74, 6) is 0. The van der Waals surface area contributed by atoms with Crippen LogP contribution in [-0.2, 0) is 10.0 Å². The van der Waals surface area contributed by atoms with E-state index < -0.39 is 10.0 Å². The van der Waals surface area contributed by atoms with Crippen molar-refractivity contribution in [3.05, 3.63) is 41.4 Å². The van der Waals surface area contributed by atoms with Crippen molar-refractivity contribution in [2.75, 3.05) is 13.1 Å². The molecule has 1 unspecified atom stereocenters. The van der Waals surface area contributed by atoms with E-state index in [0.29, 0.717) is 28.4 Å². The molecule has 2 aromatic rings. The maximum absolute atomic E-state index is 13.1. The van der Waals surface area contributed by atoms with E-state index in [2.05, 4.69) is 0 Å². The van der Waals surface area contributed by atoms with Crippen molar-refractivity contribution >= 4 is 32.4 Å². The van der Waals surface area contributed by atoms with Crippen molar-refractivity contribution in [3.63, 3.8) is 0 Å². The normalized spacial score (nSPS) is 20.4. The predicted octanol–water partition coefficient (Wildman–Crippen LogP) is 3.00. The number of hydrogen-bond acceptors (Lipinski definition) is 3. The molecule has 6 heteroatoms. The topological polar surface area (TPSA) is 63.4 Å². The fourth-order valence-corrected chi connectivity index (χ4v) is 5.24. The smallest absolute Gasteiger partial charge is 0.243 e. The molecule has 1 fully saturated rings. The highest BCUT2D eigenvalue weighted by Gasteiger charge is 2.33. The van der Waals surface area contributed by atoms with E-state index >= 15 is 0 Å². The number of benzene rings is 2. The number of fused-ring (bicyclic) bond motifs is 1. The van der Waals surface area contributed by atoms with Gasteiger partial charge < -0.3 is 5.73 Å². The number of hydrogen-bond donors (Lipinski definition) is 1. The fraction of sp³-hybridized carbons (Fsp3) is 0.375. The number of sulfonamides is 1. The van der Waals surface area contributed by atoms with Gasteiger partial charge in [0.2, 0.25) is 10.0 Å². The van der Waals surface area contributed by atoms with Gasteiger partial charge in [-0.2, -0.15) is 4.31 Å². The summed E-state index contributed by atoms with van der Waals surface area (Å²) < 4.78 is 27.8. The molecule has 1 heterocycles. The van der Waals surface area contributed by atoms with Gasteiger partial charge in [0.15, 0.2) is 0 Å². The Labute approximate surface area is 135 Å². The molecule has 0 bridgehead atoms. The number of piperidine rings is 1. The first-order valence-electron chi connectivity index (χ1n) is 7.45. The lowest BCUT2D eigenvalue weighted by molar-refractivity contribution is 0.258. The molecule has 0 saturated carbocycles. The van der Waals surface area contributed by atoms with Gasteiger partial charge in [-0.3, -0.25) is 0 Å². The highest BCUT2D eigenvalue weighted by molar-refractivity contribution is 7.89. The first-order valence-corrected chi connectivity index (χ1v) is 9.26. The molecular formula is C16H19ClN2O2S. The Bertz CT molecular complexity index is 792. The molecule has 1 saturated heterocycles. The van der Waals surface area contributed by atoms with Crippen LogP contribution in [0.15, 0.2) is 41.3 Å². The molecule has 22 heavy (non-hydrogen) atoms. The first-order chi connectivity index (χ1) is 10.6. The molecule has 0 aliphatic carbocycles. The van der Waals surface area contributed by atoms with Gasteiger partial charge in [-0.25, -0.2) is 8.42 Å². The van der Waals surface area contributed by atoms with E-state index in [0.717, 1.165) is 24.6 Å². The molecule has 2 aromatic carbocycles. The molecule has 4 nitrogen and oxygen atoms in total. The Hall–Kier alpha value is -1.14. The summed E-state index contributed by atoms with van der Waals surface area (Å²) in [5.41, 5.74) is 5.78. The van der Waals surface area contributed by atoms with E-state index in [-0.39, 0.29) is 6.04 Å². The summed E-state index contributed by atoms with van der Waals surface area (Å²) in [7, 11) is -3.57. The van der Waals surface area contributed by atoms with Gasteiger partial charge in [-0.05, 0) is 25.0 Å². The van der Waals surface area contributed by atoms with Crippen molar-refractivity contribution in [2.24, 2.45) is 5.73 Å². The molecular weight excluding hydrogens is 320 g/mol. The third kappa shape index (κ3) is 2.63. The quantitative estimate of drug-likeness (QED) is 0.935. The largest absolute Gasteiger partial charge is 0.329 e. The van der Waals surface area contributed by atoms with Crippen molar-refractivity contribution < 1.29 is 8.42 Å². The van der Waals surface area contributed by atoms with Gasteiger partial charge >= 0.3 is 0 Å². The van der Waals surface area contributed by atoms with Gasteiger partial charge in [0, 0.05) is 34.9 Å². The SMILES string of the molecule is NCC1CCCCN1S(=O)(=O)c1ccc(Cl)c2ccccc12. The minimum absolute atomic E-state index is 0.117. The van der Waals surface area contributed by atoms with Crippen LogP contribution in [0.5, 0.6) is 0 Å². The Morgan fingerprint density at radius 1 is 1.14 bits per heavy atom. The van der Waals surface area contributed by atoms with E-state index in [1.165, 1.54) is 0 Å². The number of halogens is 1. The van der Waals surface area contributed by atoms with E-state index in [9.17, 15) is 8.42 Å². The van der Waals surface area contributed by atoms with Gasteiger partial charge in [-0.15, -0.1) is 0 Å². The Morgan fingerprint density at radius 2 is 1.86 bits per heavy atom. The zero-order valence-corrected chi connectivity index (χ0v) is 13.8. The molecule has 1 aliphatic rings. The van der Waals surface area contributed by atoms with Crippen LogP contribution < -0.4 is 5.73 Å². The Balaban J connectivity index is 2.15. The van der Waals surface area contributed by atoms with E-state index in [4.69, 9.17) is 17.3 Å². The number of nitrogens with zero attached hydrogens (tertiary/aromatic N) is 1. The average molecular weight is 339 g/mol. The lowest BCUT2D eigenvalue weighted by Crippen LogP contribution is -2.47. The summed E-state index contributed by atoms with van der Waals surface area (Å²) >= 11 is 6.19. The highest BCUT2D eigenvalue weighted by atomic mass is 35.5. The molecule has 118 valence electrons. The van der Waals surface area contributed by atoms with E-state index in [1.807, 2.05) is 18.2 Å². The lowest BCUT2D eigenvalue weighted by Gasteiger charge is -2.34. The van der Waals surface area contributed by atoms with Crippen LogP contribution in [0.25, 0.3) is 10.8 Å². The molecule has 3 rings (SSSR count). The maximum Gasteiger partial charge on any atom is 0.243 e. The van der Waals surface area contributed by atoms with Crippen molar-refractivity contribution in [1.82, 2.24) is 4.31 Å². The average Bonchev–Trinajstić information content (AvgIpc) is 2.55. The van der Waals surface area contributed by atoms with Gasteiger partial charge in [0.1, 0.15) is 0 Å².